The van der Waals surface area contributed by atoms with Gasteiger partial charge in [0.25, 0.3) is 0 Å². The highest BCUT2D eigenvalue weighted by atomic mass is 16.3. The molecule has 34 heavy (non-hydrogen) atoms. The van der Waals surface area contributed by atoms with Gasteiger partial charge in [-0.3, -0.25) is 14.2 Å². The maximum Gasteiger partial charge on any atom is 0.223 e. The molecule has 0 saturated heterocycles. The van der Waals surface area contributed by atoms with Gasteiger partial charge in [-0.25, -0.2) is 9.50 Å². The molecule has 0 aromatic carbocycles. The molecule has 178 valence electrons. The predicted octanol–water partition coefficient (Wildman–Crippen LogP) is 2.88. The molecular formula is C24H30N8O2. The van der Waals surface area contributed by atoms with E-state index >= 15 is 0 Å². The normalized spacial score (nSPS) is 17.9. The van der Waals surface area contributed by atoms with Crippen molar-refractivity contribution in [2.75, 3.05) is 13.2 Å². The summed E-state index contributed by atoms with van der Waals surface area (Å²) in [6.45, 7) is 4.60. The quantitative estimate of drug-likeness (QED) is 0.395. The Morgan fingerprint density at radius 1 is 1.12 bits per heavy atom. The molecule has 1 saturated carbocycles. The van der Waals surface area contributed by atoms with Gasteiger partial charge >= 0.3 is 0 Å². The number of hydrogen-bond acceptors (Lipinski definition) is 6. The van der Waals surface area contributed by atoms with E-state index in [1.165, 1.54) is 0 Å². The minimum atomic E-state index is -0.0431. The number of carbonyl (C=O) groups is 1. The zero-order valence-electron chi connectivity index (χ0n) is 19.5. The molecule has 0 unspecified atom stereocenters. The molecular weight excluding hydrogens is 432 g/mol. The molecule has 1 aliphatic rings. The summed E-state index contributed by atoms with van der Waals surface area (Å²) >= 11 is 0. The minimum absolute atomic E-state index is 0.00190. The van der Waals surface area contributed by atoms with E-state index < -0.39 is 0 Å². The maximum absolute atomic E-state index is 12.1. The summed E-state index contributed by atoms with van der Waals surface area (Å²) in [5, 5.41) is 25.2. The number of aliphatic hydroxyl groups is 1. The van der Waals surface area contributed by atoms with E-state index in [9.17, 15) is 4.79 Å². The monoisotopic (exact) mass is 462 g/mol. The fourth-order valence-corrected chi connectivity index (χ4v) is 4.61. The number of hydrogen-bond donors (Lipinski definition) is 2. The minimum Gasteiger partial charge on any atom is -0.395 e. The van der Waals surface area contributed by atoms with Gasteiger partial charge in [0.2, 0.25) is 5.91 Å². The lowest BCUT2D eigenvalue weighted by Crippen LogP contribution is -2.40. The SMILES string of the molecule is CCC(CC)n1cc(-c2nc(-c3cnn(C4CC(C(=O)NCCO)C4)c3)cn3nccc23)cn1. The van der Waals surface area contributed by atoms with Crippen LogP contribution in [0, 0.1) is 5.92 Å². The maximum atomic E-state index is 12.1. The molecule has 0 aliphatic heterocycles. The third-order valence-electron chi connectivity index (χ3n) is 6.75. The van der Waals surface area contributed by atoms with Crippen LogP contribution in [-0.2, 0) is 4.79 Å². The van der Waals surface area contributed by atoms with Gasteiger partial charge in [-0.15, -0.1) is 0 Å². The Hall–Kier alpha value is -3.53. The van der Waals surface area contributed by atoms with Crippen LogP contribution in [0.5, 0.6) is 0 Å². The molecule has 4 aromatic heterocycles. The van der Waals surface area contributed by atoms with E-state index in [-0.39, 0.29) is 24.5 Å². The molecule has 2 N–H and O–H groups in total. The zero-order chi connectivity index (χ0) is 23.7. The van der Waals surface area contributed by atoms with Crippen LogP contribution in [0.1, 0.15) is 51.6 Å². The lowest BCUT2D eigenvalue weighted by Gasteiger charge is -2.34. The van der Waals surface area contributed by atoms with E-state index in [2.05, 4.69) is 40.7 Å². The average Bonchev–Trinajstić information content (AvgIpc) is 3.57. The molecule has 1 amide bonds. The van der Waals surface area contributed by atoms with Gasteiger partial charge in [0.05, 0.1) is 60.4 Å². The van der Waals surface area contributed by atoms with Gasteiger partial charge in [0, 0.05) is 36.0 Å². The predicted molar refractivity (Wildman–Crippen MR) is 127 cm³/mol. The van der Waals surface area contributed by atoms with Crippen molar-refractivity contribution in [3.63, 3.8) is 0 Å². The Morgan fingerprint density at radius 3 is 2.68 bits per heavy atom. The molecule has 1 aliphatic carbocycles. The van der Waals surface area contributed by atoms with E-state index in [4.69, 9.17) is 10.1 Å². The Bertz CT molecular complexity index is 1280. The number of aromatic nitrogens is 7. The molecule has 4 heterocycles. The molecule has 5 rings (SSSR count). The highest BCUT2D eigenvalue weighted by molar-refractivity contribution is 5.80. The van der Waals surface area contributed by atoms with Gasteiger partial charge in [-0.1, -0.05) is 13.8 Å². The molecule has 0 atom stereocenters. The van der Waals surface area contributed by atoms with Crippen LogP contribution in [-0.4, -0.2) is 58.3 Å². The zero-order valence-corrected chi connectivity index (χ0v) is 19.5. The average molecular weight is 463 g/mol. The standard InChI is InChI=1S/C24H30N8O2/c1-3-19(4-2)30-14-18(12-28-30)23-22-5-6-26-32(22)15-21(29-23)17-11-27-31(13-17)20-9-16(10-20)24(34)25-7-8-33/h5-6,11-16,19-20,33H,3-4,7-10H2,1-2H3,(H,25,34). The summed E-state index contributed by atoms with van der Waals surface area (Å²) in [5.41, 5.74) is 4.41. The topological polar surface area (TPSA) is 115 Å². The van der Waals surface area contributed by atoms with E-state index in [1.807, 2.05) is 44.7 Å². The molecule has 10 heteroatoms. The Kier molecular flexibility index (Phi) is 6.14. The summed E-state index contributed by atoms with van der Waals surface area (Å²) in [4.78, 5) is 17.0. The second-order valence-electron chi connectivity index (χ2n) is 8.86. The first-order chi connectivity index (χ1) is 16.6. The summed E-state index contributed by atoms with van der Waals surface area (Å²) in [5.74, 6) is -0.0250. The number of aliphatic hydroxyl groups excluding tert-OH is 1. The summed E-state index contributed by atoms with van der Waals surface area (Å²) in [6, 6.07) is 2.51. The lowest BCUT2D eigenvalue weighted by molar-refractivity contribution is -0.129. The molecule has 4 aromatic rings. The van der Waals surface area contributed by atoms with Crippen LogP contribution in [0.2, 0.25) is 0 Å². The first-order valence-electron chi connectivity index (χ1n) is 11.9. The third kappa shape index (κ3) is 4.09. The largest absolute Gasteiger partial charge is 0.395 e. The number of rotatable bonds is 9. The van der Waals surface area contributed by atoms with Gasteiger partial charge in [0.1, 0.15) is 0 Å². The fourth-order valence-electron chi connectivity index (χ4n) is 4.61. The molecule has 0 radical (unpaired) electrons. The highest BCUT2D eigenvalue weighted by Crippen LogP contribution is 2.38. The number of nitrogens with zero attached hydrogens (tertiary/aromatic N) is 7. The molecule has 10 nitrogen and oxygen atoms in total. The van der Waals surface area contributed by atoms with Crippen LogP contribution in [0.4, 0.5) is 0 Å². The van der Waals surface area contributed by atoms with Gasteiger partial charge in [0.15, 0.2) is 0 Å². The van der Waals surface area contributed by atoms with Crippen molar-refractivity contribution < 1.29 is 9.90 Å². The second kappa shape index (κ2) is 9.38. The Labute approximate surface area is 197 Å². The van der Waals surface area contributed by atoms with E-state index in [0.717, 1.165) is 53.7 Å². The van der Waals surface area contributed by atoms with E-state index in [1.54, 1.807) is 6.20 Å². The van der Waals surface area contributed by atoms with Crippen LogP contribution in [0.25, 0.3) is 28.0 Å². The second-order valence-corrected chi connectivity index (χ2v) is 8.86. The smallest absolute Gasteiger partial charge is 0.223 e. The molecule has 0 bridgehead atoms. The van der Waals surface area contributed by atoms with Crippen LogP contribution in [0.15, 0.2) is 43.2 Å². The van der Waals surface area contributed by atoms with E-state index in [0.29, 0.717) is 12.6 Å². The van der Waals surface area contributed by atoms with Crippen molar-refractivity contribution in [2.45, 2.75) is 51.6 Å². The van der Waals surface area contributed by atoms with Crippen LogP contribution in [0.3, 0.4) is 0 Å². The summed E-state index contributed by atoms with van der Waals surface area (Å²) in [6.07, 6.45) is 15.0. The number of amides is 1. The molecule has 1 fully saturated rings. The summed E-state index contributed by atoms with van der Waals surface area (Å²) in [7, 11) is 0. The van der Waals surface area contributed by atoms with Crippen molar-refractivity contribution in [3.05, 3.63) is 43.2 Å². The Balaban J connectivity index is 1.39. The summed E-state index contributed by atoms with van der Waals surface area (Å²) < 4.78 is 5.79. The number of carbonyl (C=O) groups excluding carboxylic acids is 1. The van der Waals surface area contributed by atoms with Crippen LogP contribution >= 0.6 is 0 Å². The fraction of sp³-hybridized carbons (Fsp3) is 0.458. The van der Waals surface area contributed by atoms with Gasteiger partial charge in [-0.2, -0.15) is 15.3 Å². The van der Waals surface area contributed by atoms with Crippen molar-refractivity contribution in [3.8, 4) is 22.5 Å². The van der Waals surface area contributed by atoms with Crippen LogP contribution < -0.4 is 5.32 Å². The van der Waals surface area contributed by atoms with Crippen molar-refractivity contribution in [1.82, 2.24) is 39.5 Å². The third-order valence-corrected chi connectivity index (χ3v) is 6.75. The number of nitrogens with one attached hydrogen (secondary N) is 1. The van der Waals surface area contributed by atoms with Crippen molar-refractivity contribution >= 4 is 11.4 Å². The van der Waals surface area contributed by atoms with Crippen molar-refractivity contribution in [1.29, 1.82) is 0 Å². The first kappa shape index (κ1) is 22.3. The number of fused-ring (bicyclic) bond motifs is 1. The van der Waals surface area contributed by atoms with Gasteiger partial charge < -0.3 is 10.4 Å². The lowest BCUT2D eigenvalue weighted by atomic mass is 9.79. The molecule has 0 spiro atoms. The van der Waals surface area contributed by atoms with Crippen molar-refractivity contribution in [2.24, 2.45) is 5.92 Å². The first-order valence-corrected chi connectivity index (χ1v) is 11.9. The Morgan fingerprint density at radius 2 is 1.91 bits per heavy atom. The van der Waals surface area contributed by atoms with Gasteiger partial charge in [-0.05, 0) is 31.7 Å². The highest BCUT2D eigenvalue weighted by Gasteiger charge is 2.36.